The molecular formula is C16H26ClN3O3S. The fourth-order valence-corrected chi connectivity index (χ4v) is 4.21. The minimum Gasteiger partial charge on any atom is -0.399 e. The number of benzene rings is 1. The maximum Gasteiger partial charge on any atom is 0.220 e. The molecule has 1 aromatic rings. The Morgan fingerprint density at radius 2 is 1.79 bits per heavy atom. The topological polar surface area (TPSA) is 92.5 Å². The van der Waals surface area contributed by atoms with Gasteiger partial charge in [-0.3, -0.25) is 4.79 Å². The molecule has 1 heterocycles. The molecule has 1 fully saturated rings. The summed E-state index contributed by atoms with van der Waals surface area (Å²) in [5.74, 6) is -0.0460. The Morgan fingerprint density at radius 3 is 2.42 bits per heavy atom. The third-order valence-corrected chi connectivity index (χ3v) is 5.94. The Hall–Kier alpha value is -1.31. The Kier molecular flexibility index (Phi) is 8.52. The number of halogens is 1. The van der Waals surface area contributed by atoms with Crippen LogP contribution in [0.3, 0.4) is 0 Å². The van der Waals surface area contributed by atoms with Gasteiger partial charge in [-0.1, -0.05) is 12.1 Å². The van der Waals surface area contributed by atoms with Gasteiger partial charge in [-0.15, -0.1) is 12.4 Å². The van der Waals surface area contributed by atoms with Gasteiger partial charge in [0.25, 0.3) is 0 Å². The van der Waals surface area contributed by atoms with E-state index >= 15 is 0 Å². The van der Waals surface area contributed by atoms with Crippen LogP contribution in [0.25, 0.3) is 0 Å². The van der Waals surface area contributed by atoms with E-state index in [1.165, 1.54) is 4.31 Å². The molecule has 1 amide bonds. The number of carbonyl (C=O) groups excluding carboxylic acids is 1. The number of nitrogens with one attached hydrogen (secondary N) is 1. The number of amides is 1. The summed E-state index contributed by atoms with van der Waals surface area (Å²) in [6, 6.07) is 7.54. The third kappa shape index (κ3) is 6.67. The van der Waals surface area contributed by atoms with Crippen molar-refractivity contribution in [2.45, 2.75) is 32.1 Å². The molecule has 0 unspecified atom stereocenters. The van der Waals surface area contributed by atoms with Gasteiger partial charge >= 0.3 is 0 Å². The van der Waals surface area contributed by atoms with Crippen LogP contribution in [0, 0.1) is 0 Å². The largest absolute Gasteiger partial charge is 0.399 e. The number of nitrogens with two attached hydrogens (primary N) is 1. The van der Waals surface area contributed by atoms with Gasteiger partial charge in [0.1, 0.15) is 0 Å². The molecule has 0 radical (unpaired) electrons. The molecule has 24 heavy (non-hydrogen) atoms. The van der Waals surface area contributed by atoms with Crippen molar-refractivity contribution in [3.8, 4) is 0 Å². The number of nitrogens with zero attached hydrogens (tertiary/aromatic N) is 1. The Labute approximate surface area is 150 Å². The van der Waals surface area contributed by atoms with Crippen LogP contribution in [0.4, 0.5) is 5.69 Å². The van der Waals surface area contributed by atoms with Crippen molar-refractivity contribution in [3.63, 3.8) is 0 Å². The molecule has 0 bridgehead atoms. The van der Waals surface area contributed by atoms with E-state index in [-0.39, 0.29) is 30.5 Å². The maximum absolute atomic E-state index is 12.0. The van der Waals surface area contributed by atoms with Gasteiger partial charge in [0.2, 0.25) is 15.9 Å². The molecule has 0 spiro atoms. The van der Waals surface area contributed by atoms with Crippen LogP contribution < -0.4 is 11.1 Å². The van der Waals surface area contributed by atoms with Gasteiger partial charge in [0.05, 0.1) is 5.75 Å². The van der Waals surface area contributed by atoms with Gasteiger partial charge in [-0.25, -0.2) is 12.7 Å². The van der Waals surface area contributed by atoms with Crippen LogP contribution in [0.2, 0.25) is 0 Å². The SMILES string of the molecule is Cl.Nc1ccc(CCNC(=O)CCCS(=O)(=O)N2CCCC2)cc1. The highest BCUT2D eigenvalue weighted by atomic mass is 35.5. The minimum absolute atomic E-state index is 0. The van der Waals surface area contributed by atoms with E-state index in [0.29, 0.717) is 26.1 Å². The number of sulfonamides is 1. The third-order valence-electron chi connectivity index (χ3n) is 3.98. The lowest BCUT2D eigenvalue weighted by Crippen LogP contribution is -2.31. The first-order chi connectivity index (χ1) is 11.0. The summed E-state index contributed by atoms with van der Waals surface area (Å²) >= 11 is 0. The van der Waals surface area contributed by atoms with Crippen LogP contribution in [-0.4, -0.2) is 44.0 Å². The summed E-state index contributed by atoms with van der Waals surface area (Å²) in [6.07, 6.45) is 3.22. The van der Waals surface area contributed by atoms with Crippen LogP contribution in [0.1, 0.15) is 31.2 Å². The molecule has 0 aliphatic carbocycles. The van der Waals surface area contributed by atoms with Gasteiger partial charge in [0, 0.05) is 31.7 Å². The highest BCUT2D eigenvalue weighted by Crippen LogP contribution is 2.14. The lowest BCUT2D eigenvalue weighted by molar-refractivity contribution is -0.121. The van der Waals surface area contributed by atoms with Crippen molar-refractivity contribution in [1.82, 2.24) is 9.62 Å². The predicted molar refractivity (Wildman–Crippen MR) is 98.6 cm³/mol. The van der Waals surface area contributed by atoms with E-state index in [1.807, 2.05) is 24.3 Å². The molecular weight excluding hydrogens is 350 g/mol. The highest BCUT2D eigenvalue weighted by Gasteiger charge is 2.24. The first-order valence-corrected chi connectivity index (χ1v) is 9.67. The molecule has 1 aliphatic heterocycles. The summed E-state index contributed by atoms with van der Waals surface area (Å²) < 4.78 is 25.6. The van der Waals surface area contributed by atoms with Gasteiger partial charge in [0.15, 0.2) is 0 Å². The second kappa shape index (κ2) is 9.86. The van der Waals surface area contributed by atoms with Crippen molar-refractivity contribution in [2.75, 3.05) is 31.1 Å². The molecule has 136 valence electrons. The van der Waals surface area contributed by atoms with E-state index < -0.39 is 10.0 Å². The Balaban J connectivity index is 0.00000288. The zero-order valence-corrected chi connectivity index (χ0v) is 15.4. The van der Waals surface area contributed by atoms with Crippen LogP contribution in [0.15, 0.2) is 24.3 Å². The molecule has 0 aromatic heterocycles. The lowest BCUT2D eigenvalue weighted by Gasteiger charge is -2.15. The Morgan fingerprint density at radius 1 is 1.17 bits per heavy atom. The molecule has 1 saturated heterocycles. The first-order valence-electron chi connectivity index (χ1n) is 8.06. The summed E-state index contributed by atoms with van der Waals surface area (Å²) in [6.45, 7) is 1.79. The number of carbonyl (C=O) groups is 1. The molecule has 0 saturated carbocycles. The number of nitrogen functional groups attached to an aromatic ring is 1. The molecule has 0 atom stereocenters. The summed E-state index contributed by atoms with van der Waals surface area (Å²) in [5, 5.41) is 2.82. The van der Waals surface area contributed by atoms with Crippen molar-refractivity contribution in [3.05, 3.63) is 29.8 Å². The van der Waals surface area contributed by atoms with Gasteiger partial charge in [-0.2, -0.15) is 0 Å². The van der Waals surface area contributed by atoms with Gasteiger partial charge < -0.3 is 11.1 Å². The fraction of sp³-hybridized carbons (Fsp3) is 0.562. The van der Waals surface area contributed by atoms with Gasteiger partial charge in [-0.05, 0) is 43.4 Å². The van der Waals surface area contributed by atoms with Crippen molar-refractivity contribution >= 4 is 34.0 Å². The monoisotopic (exact) mass is 375 g/mol. The number of hydrogen-bond acceptors (Lipinski definition) is 4. The average molecular weight is 376 g/mol. The van der Waals surface area contributed by atoms with E-state index in [1.54, 1.807) is 0 Å². The van der Waals surface area contributed by atoms with E-state index in [4.69, 9.17) is 5.73 Å². The normalized spacial score (nSPS) is 15.0. The van der Waals surface area contributed by atoms with Crippen LogP contribution in [0.5, 0.6) is 0 Å². The quantitative estimate of drug-likeness (QED) is 0.674. The van der Waals surface area contributed by atoms with E-state index in [9.17, 15) is 13.2 Å². The number of hydrogen-bond donors (Lipinski definition) is 2. The molecule has 8 heteroatoms. The molecule has 2 rings (SSSR count). The summed E-state index contributed by atoms with van der Waals surface area (Å²) in [5.41, 5.74) is 7.44. The smallest absolute Gasteiger partial charge is 0.220 e. The lowest BCUT2D eigenvalue weighted by atomic mass is 10.1. The van der Waals surface area contributed by atoms with E-state index in [2.05, 4.69) is 5.32 Å². The molecule has 1 aromatic carbocycles. The summed E-state index contributed by atoms with van der Waals surface area (Å²) in [4.78, 5) is 11.8. The average Bonchev–Trinajstić information content (AvgIpc) is 3.04. The van der Waals surface area contributed by atoms with Crippen molar-refractivity contribution < 1.29 is 13.2 Å². The highest BCUT2D eigenvalue weighted by molar-refractivity contribution is 7.89. The predicted octanol–water partition coefficient (Wildman–Crippen LogP) is 1.56. The number of anilines is 1. The standard InChI is InChI=1S/C16H25N3O3S.ClH/c17-15-7-5-14(6-8-15)9-10-18-16(20)4-3-13-23(21,22)19-11-1-2-12-19;/h5-8H,1-4,9-13,17H2,(H,18,20);1H. The molecule has 3 N–H and O–H groups in total. The second-order valence-electron chi connectivity index (χ2n) is 5.87. The first kappa shape index (κ1) is 20.7. The van der Waals surface area contributed by atoms with Crippen LogP contribution >= 0.6 is 12.4 Å². The van der Waals surface area contributed by atoms with E-state index in [0.717, 1.165) is 30.5 Å². The number of rotatable bonds is 8. The minimum atomic E-state index is -3.18. The molecule has 6 nitrogen and oxygen atoms in total. The zero-order chi connectivity index (χ0) is 16.7. The zero-order valence-electron chi connectivity index (χ0n) is 13.7. The maximum atomic E-state index is 12.0. The van der Waals surface area contributed by atoms with Crippen molar-refractivity contribution in [1.29, 1.82) is 0 Å². The molecule has 1 aliphatic rings. The fourth-order valence-electron chi connectivity index (χ4n) is 2.63. The second-order valence-corrected chi connectivity index (χ2v) is 7.96. The Bertz CT molecular complexity index is 614. The van der Waals surface area contributed by atoms with Crippen LogP contribution in [-0.2, 0) is 21.2 Å². The summed E-state index contributed by atoms with van der Waals surface area (Å²) in [7, 11) is -3.18. The van der Waals surface area contributed by atoms with Crippen molar-refractivity contribution in [2.24, 2.45) is 0 Å².